The first kappa shape index (κ1) is 16.1. The third kappa shape index (κ3) is 3.00. The maximum absolute atomic E-state index is 12.8. The molecular weight excluding hydrogens is 356 g/mol. The van der Waals surface area contributed by atoms with E-state index in [4.69, 9.17) is 12.2 Å². The van der Waals surface area contributed by atoms with Crippen LogP contribution in [0.4, 0.5) is 5.69 Å². The van der Waals surface area contributed by atoms with Crippen LogP contribution in [0.25, 0.3) is 5.78 Å². The van der Waals surface area contributed by atoms with Crippen LogP contribution in [0.15, 0.2) is 40.3 Å². The zero-order chi connectivity index (χ0) is 17.4. The fraction of sp³-hybridized carbons (Fsp3) is 0.250. The van der Waals surface area contributed by atoms with E-state index in [1.807, 2.05) is 41.5 Å². The molecule has 0 bridgehead atoms. The summed E-state index contributed by atoms with van der Waals surface area (Å²) in [6.45, 7) is 1.16. The highest BCUT2D eigenvalue weighted by atomic mass is 32.2. The van der Waals surface area contributed by atoms with E-state index in [0.29, 0.717) is 41.1 Å². The third-order valence-corrected chi connectivity index (χ3v) is 5.06. The Bertz CT molecular complexity index is 997. The smallest absolute Gasteiger partial charge is 0.279 e. The number of aromatic amines is 1. The number of hydrogen-bond acceptors (Lipinski definition) is 5. The quantitative estimate of drug-likeness (QED) is 0.525. The molecule has 128 valence electrons. The molecule has 1 aliphatic rings. The molecular formula is C16H16N6OS2. The molecule has 0 unspecified atom stereocenters. The lowest BCUT2D eigenvalue weighted by Gasteiger charge is -2.30. The summed E-state index contributed by atoms with van der Waals surface area (Å²) in [5.74, 6) is 0.423. The predicted molar refractivity (Wildman–Crippen MR) is 102 cm³/mol. The molecule has 1 aliphatic heterocycles. The summed E-state index contributed by atoms with van der Waals surface area (Å²) in [5, 5.41) is 7.47. The topological polar surface area (TPSA) is 78.3 Å². The highest BCUT2D eigenvalue weighted by Crippen LogP contribution is 2.17. The Balaban J connectivity index is 1.62. The van der Waals surface area contributed by atoms with E-state index < -0.39 is 0 Å². The number of nitrogens with one attached hydrogen (secondary N) is 2. The van der Waals surface area contributed by atoms with Crippen LogP contribution in [0.5, 0.6) is 0 Å². The van der Waals surface area contributed by atoms with Gasteiger partial charge in [0.2, 0.25) is 0 Å². The Morgan fingerprint density at radius 1 is 1.32 bits per heavy atom. The number of benzene rings is 1. The van der Waals surface area contributed by atoms with Crippen molar-refractivity contribution in [3.8, 4) is 0 Å². The van der Waals surface area contributed by atoms with Gasteiger partial charge >= 0.3 is 0 Å². The van der Waals surface area contributed by atoms with Crippen molar-refractivity contribution in [1.29, 1.82) is 0 Å². The maximum Gasteiger partial charge on any atom is 0.279 e. The molecule has 3 aromatic rings. The van der Waals surface area contributed by atoms with E-state index in [9.17, 15) is 4.79 Å². The molecule has 1 aromatic carbocycles. The molecule has 0 aliphatic carbocycles. The van der Waals surface area contributed by atoms with Gasteiger partial charge in [-0.15, -0.1) is 0 Å². The number of H-pyrrole nitrogens is 1. The van der Waals surface area contributed by atoms with Gasteiger partial charge in [0.05, 0.1) is 17.8 Å². The summed E-state index contributed by atoms with van der Waals surface area (Å²) >= 11 is 6.95. The lowest BCUT2D eigenvalue weighted by Crippen LogP contribution is -2.42. The zero-order valence-corrected chi connectivity index (χ0v) is 15.2. The minimum absolute atomic E-state index is 0.111. The number of fused-ring (bicyclic) bond motifs is 2. The van der Waals surface area contributed by atoms with Crippen molar-refractivity contribution in [2.24, 2.45) is 0 Å². The zero-order valence-electron chi connectivity index (χ0n) is 13.5. The van der Waals surface area contributed by atoms with Gasteiger partial charge in [0.1, 0.15) is 0 Å². The van der Waals surface area contributed by atoms with Crippen molar-refractivity contribution in [2.75, 3.05) is 18.1 Å². The molecule has 0 saturated carbocycles. The molecule has 4 rings (SSSR count). The van der Waals surface area contributed by atoms with Gasteiger partial charge in [-0.1, -0.05) is 30.0 Å². The van der Waals surface area contributed by atoms with Crippen LogP contribution in [0.3, 0.4) is 0 Å². The second-order valence-electron chi connectivity index (χ2n) is 5.68. The van der Waals surface area contributed by atoms with Crippen LogP contribution in [-0.4, -0.2) is 42.4 Å². The van der Waals surface area contributed by atoms with Crippen LogP contribution in [0.2, 0.25) is 0 Å². The molecule has 0 fully saturated rings. The van der Waals surface area contributed by atoms with Gasteiger partial charge in [-0.05, 0) is 30.6 Å². The number of aromatic nitrogens is 4. The van der Waals surface area contributed by atoms with Gasteiger partial charge in [-0.25, -0.2) is 4.98 Å². The number of rotatable bonds is 2. The highest BCUT2D eigenvalue weighted by Gasteiger charge is 2.24. The molecule has 7 nitrogen and oxygen atoms in total. The Kier molecular flexibility index (Phi) is 4.18. The average Bonchev–Trinajstić information content (AvgIpc) is 3.06. The molecule has 0 atom stereocenters. The minimum Gasteiger partial charge on any atom is -0.344 e. The van der Waals surface area contributed by atoms with Crippen molar-refractivity contribution in [1.82, 2.24) is 24.5 Å². The van der Waals surface area contributed by atoms with Crippen LogP contribution in [-0.2, 0) is 13.0 Å². The number of anilines is 1. The predicted octanol–water partition coefficient (Wildman–Crippen LogP) is 1.89. The first-order valence-electron chi connectivity index (χ1n) is 7.81. The van der Waals surface area contributed by atoms with Crippen LogP contribution >= 0.6 is 24.0 Å². The fourth-order valence-corrected chi connectivity index (χ4v) is 3.47. The Labute approximate surface area is 153 Å². The van der Waals surface area contributed by atoms with E-state index >= 15 is 0 Å². The van der Waals surface area contributed by atoms with Gasteiger partial charge in [-0.2, -0.15) is 9.50 Å². The number of hydrogen-bond donors (Lipinski definition) is 2. The lowest BCUT2D eigenvalue weighted by atomic mass is 10.1. The number of para-hydroxylation sites is 1. The number of thioether (sulfide) groups is 1. The molecule has 3 heterocycles. The largest absolute Gasteiger partial charge is 0.344 e. The Morgan fingerprint density at radius 2 is 2.12 bits per heavy atom. The number of thiocarbonyl (C=S) groups is 1. The first-order valence-corrected chi connectivity index (χ1v) is 9.44. The summed E-state index contributed by atoms with van der Waals surface area (Å²) < 4.78 is 1.40. The SMILES string of the molecule is CSc1nc2nc3c(c(=O)n2[nH]1)CN(C(=S)Nc1ccccc1)CC3. The molecule has 0 radical (unpaired) electrons. The summed E-state index contributed by atoms with van der Waals surface area (Å²) in [4.78, 5) is 23.6. The van der Waals surface area contributed by atoms with Crippen LogP contribution in [0, 0.1) is 0 Å². The third-order valence-electron chi connectivity index (χ3n) is 4.13. The van der Waals surface area contributed by atoms with E-state index in [-0.39, 0.29) is 5.56 Å². The van der Waals surface area contributed by atoms with Crippen molar-refractivity contribution in [3.63, 3.8) is 0 Å². The summed E-state index contributed by atoms with van der Waals surface area (Å²) in [6.07, 6.45) is 2.57. The summed E-state index contributed by atoms with van der Waals surface area (Å²) in [7, 11) is 0. The average molecular weight is 372 g/mol. The standard InChI is InChI=1S/C16H16N6OS2/c1-25-15-19-14-18-12-7-8-21(9-11(12)13(23)22(14)20-15)16(24)17-10-5-3-2-4-6-10/h2-6H,7-9H2,1H3,(H,17,24)(H,18,19,20). The Hall–Kier alpha value is -2.39. The first-order chi connectivity index (χ1) is 12.2. The highest BCUT2D eigenvalue weighted by molar-refractivity contribution is 7.98. The van der Waals surface area contributed by atoms with Gasteiger partial charge in [-0.3, -0.25) is 9.89 Å². The van der Waals surface area contributed by atoms with Gasteiger partial charge in [0.25, 0.3) is 11.3 Å². The lowest BCUT2D eigenvalue weighted by molar-refractivity contribution is 0.391. The van der Waals surface area contributed by atoms with E-state index in [1.54, 1.807) is 0 Å². The summed E-state index contributed by atoms with van der Waals surface area (Å²) in [6, 6.07) is 9.77. The van der Waals surface area contributed by atoms with Crippen molar-refractivity contribution < 1.29 is 0 Å². The van der Waals surface area contributed by atoms with Gasteiger partial charge in [0.15, 0.2) is 10.3 Å². The normalized spacial score (nSPS) is 13.7. The number of nitrogens with zero attached hydrogens (tertiary/aromatic N) is 4. The van der Waals surface area contributed by atoms with Gasteiger partial charge < -0.3 is 10.2 Å². The fourth-order valence-electron chi connectivity index (χ4n) is 2.84. The molecule has 2 N–H and O–H groups in total. The second kappa shape index (κ2) is 6.49. The van der Waals surface area contributed by atoms with E-state index in [1.165, 1.54) is 16.3 Å². The van der Waals surface area contributed by atoms with Crippen molar-refractivity contribution >= 4 is 40.6 Å². The van der Waals surface area contributed by atoms with Crippen molar-refractivity contribution in [3.05, 3.63) is 51.9 Å². The molecule has 25 heavy (non-hydrogen) atoms. The maximum atomic E-state index is 12.8. The molecule has 2 aromatic heterocycles. The second-order valence-corrected chi connectivity index (χ2v) is 6.86. The molecule has 9 heteroatoms. The Morgan fingerprint density at radius 3 is 2.88 bits per heavy atom. The molecule has 0 saturated heterocycles. The molecule has 0 spiro atoms. The van der Waals surface area contributed by atoms with Crippen molar-refractivity contribution in [2.45, 2.75) is 18.1 Å². The minimum atomic E-state index is -0.111. The van der Waals surface area contributed by atoms with Crippen LogP contribution in [0.1, 0.15) is 11.3 Å². The van der Waals surface area contributed by atoms with Crippen LogP contribution < -0.4 is 10.9 Å². The molecule has 0 amide bonds. The van der Waals surface area contributed by atoms with E-state index in [2.05, 4.69) is 20.4 Å². The summed E-state index contributed by atoms with van der Waals surface area (Å²) in [5.41, 5.74) is 2.29. The van der Waals surface area contributed by atoms with Gasteiger partial charge in [0, 0.05) is 18.7 Å². The van der Waals surface area contributed by atoms with E-state index in [0.717, 1.165) is 11.4 Å². The monoisotopic (exact) mass is 372 g/mol.